The number of aliphatic hydroxyl groups is 1. The Morgan fingerprint density at radius 2 is 1.64 bits per heavy atom. The predicted octanol–water partition coefficient (Wildman–Crippen LogP) is 6.17. The van der Waals surface area contributed by atoms with Crippen LogP contribution in [0.15, 0.2) is 58.6 Å². The van der Waals surface area contributed by atoms with Crippen LogP contribution in [0.2, 0.25) is 0 Å². The van der Waals surface area contributed by atoms with Gasteiger partial charge in [0.25, 0.3) is 11.7 Å². The third kappa shape index (κ3) is 6.77. The van der Waals surface area contributed by atoms with E-state index in [0.717, 1.165) is 61.8 Å². The largest absolute Gasteiger partial charge is 0.507 e. The predicted molar refractivity (Wildman–Crippen MR) is 147 cm³/mol. The Labute approximate surface area is 223 Å². The summed E-state index contributed by atoms with van der Waals surface area (Å²) in [5.41, 5.74) is 1.35. The molecular weight excluding hydrogens is 520 g/mol. The lowest BCUT2D eigenvalue weighted by molar-refractivity contribution is -0.140. The first-order valence-corrected chi connectivity index (χ1v) is 13.6. The molecule has 1 aliphatic heterocycles. The molecule has 1 aliphatic rings. The van der Waals surface area contributed by atoms with Gasteiger partial charge in [0.1, 0.15) is 11.5 Å². The highest BCUT2D eigenvalue weighted by atomic mass is 79.9. The van der Waals surface area contributed by atoms with Crippen molar-refractivity contribution in [1.29, 1.82) is 0 Å². The van der Waals surface area contributed by atoms with Crippen molar-refractivity contribution in [3.8, 4) is 5.75 Å². The Bertz CT molecular complexity index is 1060. The van der Waals surface area contributed by atoms with Gasteiger partial charge >= 0.3 is 0 Å². The minimum Gasteiger partial charge on any atom is -0.507 e. The molecule has 0 unspecified atom stereocenters. The number of carbonyl (C=O) groups is 2. The number of hydrogen-bond acceptors (Lipinski definition) is 5. The molecule has 0 aliphatic carbocycles. The molecular formula is C29H37BrN2O4. The highest BCUT2D eigenvalue weighted by Crippen LogP contribution is 2.40. The van der Waals surface area contributed by atoms with Gasteiger partial charge < -0.3 is 19.6 Å². The average molecular weight is 558 g/mol. The average Bonchev–Trinajstić information content (AvgIpc) is 3.15. The summed E-state index contributed by atoms with van der Waals surface area (Å²) in [6, 6.07) is 13.7. The van der Waals surface area contributed by atoms with Crippen molar-refractivity contribution in [2.75, 3.05) is 33.3 Å². The van der Waals surface area contributed by atoms with E-state index in [-0.39, 0.29) is 11.3 Å². The van der Waals surface area contributed by atoms with E-state index in [2.05, 4.69) is 34.7 Å². The molecule has 36 heavy (non-hydrogen) atoms. The number of unbranched alkanes of at least 4 members (excludes halogenated alkanes) is 2. The minimum atomic E-state index is -0.677. The van der Waals surface area contributed by atoms with E-state index in [1.54, 1.807) is 36.3 Å². The van der Waals surface area contributed by atoms with Crippen LogP contribution in [0.1, 0.15) is 63.1 Å². The van der Waals surface area contributed by atoms with Crippen LogP contribution >= 0.6 is 15.9 Å². The summed E-state index contributed by atoms with van der Waals surface area (Å²) >= 11 is 3.40. The zero-order valence-corrected chi connectivity index (χ0v) is 23.1. The first kappa shape index (κ1) is 27.9. The number of halogens is 1. The van der Waals surface area contributed by atoms with Gasteiger partial charge in [-0.25, -0.2) is 0 Å². The third-order valence-corrected chi connectivity index (χ3v) is 7.12. The van der Waals surface area contributed by atoms with Gasteiger partial charge in [-0.05, 0) is 68.7 Å². The number of benzene rings is 2. The fraction of sp³-hybridized carbons (Fsp3) is 0.448. The molecule has 1 atom stereocenters. The lowest BCUT2D eigenvalue weighted by atomic mass is 9.95. The van der Waals surface area contributed by atoms with Gasteiger partial charge in [0.15, 0.2) is 0 Å². The first-order valence-electron chi connectivity index (χ1n) is 12.8. The van der Waals surface area contributed by atoms with Crippen molar-refractivity contribution < 1.29 is 19.4 Å². The zero-order valence-electron chi connectivity index (χ0n) is 21.5. The molecule has 1 heterocycles. The highest BCUT2D eigenvalue weighted by molar-refractivity contribution is 9.10. The molecule has 1 fully saturated rings. The molecule has 0 spiro atoms. The molecule has 194 valence electrons. The molecule has 1 N–H and O–H groups in total. The van der Waals surface area contributed by atoms with Crippen molar-refractivity contribution >= 4 is 33.4 Å². The number of amides is 1. The van der Waals surface area contributed by atoms with Crippen molar-refractivity contribution in [3.63, 3.8) is 0 Å². The normalized spacial score (nSPS) is 17.2. The van der Waals surface area contributed by atoms with Crippen molar-refractivity contribution in [2.45, 2.75) is 52.0 Å². The number of rotatable bonds is 13. The molecule has 7 heteroatoms. The molecule has 2 aromatic carbocycles. The van der Waals surface area contributed by atoms with Crippen LogP contribution in [0.3, 0.4) is 0 Å². The molecule has 1 saturated heterocycles. The maximum atomic E-state index is 13.3. The maximum Gasteiger partial charge on any atom is 0.295 e. The second kappa shape index (κ2) is 13.6. The van der Waals surface area contributed by atoms with Crippen LogP contribution in [0.5, 0.6) is 5.75 Å². The van der Waals surface area contributed by atoms with E-state index in [4.69, 9.17) is 4.74 Å². The fourth-order valence-electron chi connectivity index (χ4n) is 4.60. The third-order valence-electron chi connectivity index (χ3n) is 6.60. The number of carbonyl (C=O) groups excluding carboxylic acids is 2. The van der Waals surface area contributed by atoms with Crippen LogP contribution in [0, 0.1) is 0 Å². The number of aliphatic hydroxyl groups excluding tert-OH is 1. The Morgan fingerprint density at radius 1 is 1.00 bits per heavy atom. The Morgan fingerprint density at radius 3 is 2.25 bits per heavy atom. The lowest BCUT2D eigenvalue weighted by Crippen LogP contribution is -2.34. The number of nitrogens with zero attached hydrogens (tertiary/aromatic N) is 2. The Hall–Kier alpha value is -2.64. The van der Waals surface area contributed by atoms with Gasteiger partial charge in [-0.2, -0.15) is 0 Å². The molecule has 0 aromatic heterocycles. The van der Waals surface area contributed by atoms with E-state index < -0.39 is 17.7 Å². The van der Waals surface area contributed by atoms with Gasteiger partial charge in [0.05, 0.1) is 18.7 Å². The van der Waals surface area contributed by atoms with E-state index in [1.807, 2.05) is 24.3 Å². The minimum absolute atomic E-state index is 0.115. The summed E-state index contributed by atoms with van der Waals surface area (Å²) in [6.45, 7) is 7.75. The quantitative estimate of drug-likeness (QED) is 0.181. The maximum absolute atomic E-state index is 13.3. The van der Waals surface area contributed by atoms with Gasteiger partial charge in [-0.1, -0.05) is 66.9 Å². The van der Waals surface area contributed by atoms with E-state index >= 15 is 0 Å². The van der Waals surface area contributed by atoms with Gasteiger partial charge in [0, 0.05) is 16.6 Å². The second-order valence-corrected chi connectivity index (χ2v) is 10.1. The Kier molecular flexibility index (Phi) is 10.6. The second-order valence-electron chi connectivity index (χ2n) is 9.18. The van der Waals surface area contributed by atoms with Gasteiger partial charge in [0.2, 0.25) is 0 Å². The van der Waals surface area contributed by atoms with Crippen LogP contribution in [-0.4, -0.2) is 59.9 Å². The molecule has 3 rings (SSSR count). The topological polar surface area (TPSA) is 70.1 Å². The molecule has 6 nitrogen and oxygen atoms in total. The summed E-state index contributed by atoms with van der Waals surface area (Å²) < 4.78 is 6.27. The number of ketones is 1. The molecule has 2 aromatic rings. The van der Waals surface area contributed by atoms with Crippen LogP contribution < -0.4 is 4.74 Å². The smallest absolute Gasteiger partial charge is 0.295 e. The van der Waals surface area contributed by atoms with Crippen LogP contribution in [-0.2, 0) is 9.59 Å². The summed E-state index contributed by atoms with van der Waals surface area (Å²) in [5.74, 6) is -0.761. The monoisotopic (exact) mass is 556 g/mol. The standard InChI is InChI=1S/C29H37BrN2O4/c1-4-6-16-31(17-7-5-2)18-9-19-32-26(22-10-8-11-24(20-22)36-3)25(28(34)29(32)35)27(33)21-12-14-23(30)15-13-21/h8,10-15,20,26,33H,4-7,9,16-19H2,1-3H3/t26-/m0/s1. The van der Waals surface area contributed by atoms with E-state index in [1.165, 1.54) is 0 Å². The number of likely N-dealkylation sites (tertiary alicyclic amines) is 1. The van der Waals surface area contributed by atoms with Gasteiger partial charge in [-0.15, -0.1) is 0 Å². The fourth-order valence-corrected chi connectivity index (χ4v) is 4.86. The zero-order chi connectivity index (χ0) is 26.1. The SMILES string of the molecule is CCCCN(CCCC)CCCN1C(=O)C(=O)C(=C(O)c2ccc(Br)cc2)[C@@H]1c1cccc(OC)c1. The number of Topliss-reactive ketones (excluding diaryl/α,β-unsaturated/α-hetero) is 1. The first-order chi connectivity index (χ1) is 17.4. The van der Waals surface area contributed by atoms with Crippen molar-refractivity contribution in [1.82, 2.24) is 9.80 Å². The van der Waals surface area contributed by atoms with Crippen LogP contribution in [0.4, 0.5) is 0 Å². The summed E-state index contributed by atoms with van der Waals surface area (Å²) in [5, 5.41) is 11.2. The van der Waals surface area contributed by atoms with Crippen molar-refractivity contribution in [2.24, 2.45) is 0 Å². The summed E-state index contributed by atoms with van der Waals surface area (Å²) in [6.07, 6.45) is 5.32. The summed E-state index contributed by atoms with van der Waals surface area (Å²) in [4.78, 5) is 30.6. The number of ether oxygens (including phenoxy) is 1. The molecule has 0 radical (unpaired) electrons. The summed E-state index contributed by atoms with van der Waals surface area (Å²) in [7, 11) is 1.58. The number of hydrogen-bond donors (Lipinski definition) is 1. The highest BCUT2D eigenvalue weighted by Gasteiger charge is 2.45. The number of methoxy groups -OCH3 is 1. The van der Waals surface area contributed by atoms with Crippen LogP contribution in [0.25, 0.3) is 5.76 Å². The van der Waals surface area contributed by atoms with Gasteiger partial charge in [-0.3, -0.25) is 9.59 Å². The van der Waals surface area contributed by atoms with E-state index in [0.29, 0.717) is 17.9 Å². The Balaban J connectivity index is 1.93. The van der Waals surface area contributed by atoms with Crippen molar-refractivity contribution in [3.05, 3.63) is 69.7 Å². The molecule has 0 saturated carbocycles. The molecule has 0 bridgehead atoms. The lowest BCUT2D eigenvalue weighted by Gasteiger charge is -2.27. The van der Waals surface area contributed by atoms with E-state index in [9.17, 15) is 14.7 Å². The molecule has 1 amide bonds.